The van der Waals surface area contributed by atoms with Crippen LogP contribution in [0.25, 0.3) is 76.8 Å². The highest BCUT2D eigenvalue weighted by Gasteiger charge is 2.37. The Balaban J connectivity index is 1.25. The highest BCUT2D eigenvalue weighted by Crippen LogP contribution is 2.55. The Morgan fingerprint density at radius 1 is 0.407 bits per heavy atom. The van der Waals surface area contributed by atoms with Gasteiger partial charge in [0.1, 0.15) is 0 Å². The van der Waals surface area contributed by atoms with Gasteiger partial charge >= 0.3 is 0 Å². The number of anilines is 2. The molecule has 0 fully saturated rings. The van der Waals surface area contributed by atoms with Gasteiger partial charge in [-0.05, 0) is 118 Å². The molecule has 0 atom stereocenters. The van der Waals surface area contributed by atoms with E-state index in [0.29, 0.717) is 0 Å². The van der Waals surface area contributed by atoms with Gasteiger partial charge in [-0.3, -0.25) is 0 Å². The lowest BCUT2D eigenvalue weighted by Gasteiger charge is -2.30. The Kier molecular flexibility index (Phi) is 6.55. The quantitative estimate of drug-likeness (QED) is 0.171. The second-order valence-electron chi connectivity index (χ2n) is 15.3. The lowest BCUT2D eigenvalue weighted by molar-refractivity contribution is 0.475. The third-order valence-corrected chi connectivity index (χ3v) is 12.1. The van der Waals surface area contributed by atoms with E-state index in [1.165, 1.54) is 88.0 Å². The van der Waals surface area contributed by atoms with Crippen molar-refractivity contribution in [2.75, 3.05) is 11.9 Å². The first kappa shape index (κ1) is 30.9. The van der Waals surface area contributed by atoms with Gasteiger partial charge in [0.05, 0.1) is 11.4 Å². The van der Waals surface area contributed by atoms with Crippen molar-refractivity contribution in [3.05, 3.63) is 181 Å². The van der Waals surface area contributed by atoms with Crippen molar-refractivity contribution < 1.29 is 4.74 Å². The van der Waals surface area contributed by atoms with E-state index in [1.54, 1.807) is 0 Å². The summed E-state index contributed by atoms with van der Waals surface area (Å²) in [7, 11) is 2.13. The molecule has 11 rings (SSSR count). The van der Waals surface area contributed by atoms with E-state index in [1.807, 2.05) is 12.1 Å². The molecule has 0 saturated carbocycles. The highest BCUT2D eigenvalue weighted by atomic mass is 16.5. The van der Waals surface area contributed by atoms with Gasteiger partial charge in [0.2, 0.25) is 0 Å². The zero-order valence-electron chi connectivity index (χ0n) is 30.5. The van der Waals surface area contributed by atoms with Gasteiger partial charge in [-0.25, -0.2) is 0 Å². The number of hydrogen-bond acceptors (Lipinski definition) is 2. The van der Waals surface area contributed by atoms with E-state index in [4.69, 9.17) is 4.74 Å². The van der Waals surface area contributed by atoms with Crippen LogP contribution in [0.1, 0.15) is 25.0 Å². The molecule has 1 aliphatic carbocycles. The predicted octanol–water partition coefficient (Wildman–Crippen LogP) is 14.3. The summed E-state index contributed by atoms with van der Waals surface area (Å²) in [5, 5.41) is 7.47. The Morgan fingerprint density at radius 3 is 1.91 bits per heavy atom. The van der Waals surface area contributed by atoms with Crippen LogP contribution >= 0.6 is 0 Å². The molecule has 0 amide bonds. The number of hydrogen-bond donors (Lipinski definition) is 0. The molecule has 256 valence electrons. The number of para-hydroxylation sites is 2. The maximum Gasteiger partial charge on any atom is 0.151 e. The zero-order chi connectivity index (χ0) is 36.1. The molecule has 0 bridgehead atoms. The molecule has 0 saturated heterocycles. The number of ether oxygens (including phenoxy) is 1. The smallest absolute Gasteiger partial charge is 0.151 e. The molecule has 9 aromatic rings. The Bertz CT molecular complexity index is 3020. The van der Waals surface area contributed by atoms with Crippen LogP contribution in [-0.2, 0) is 5.41 Å². The third-order valence-electron chi connectivity index (χ3n) is 12.1. The van der Waals surface area contributed by atoms with Gasteiger partial charge in [-0.1, -0.05) is 153 Å². The summed E-state index contributed by atoms with van der Waals surface area (Å²) in [5.41, 5.74) is 14.9. The molecule has 2 aliphatic rings. The van der Waals surface area contributed by atoms with E-state index in [-0.39, 0.29) is 5.41 Å². The molecular weight excluding hydrogens is 655 g/mol. The van der Waals surface area contributed by atoms with Gasteiger partial charge < -0.3 is 9.64 Å². The number of rotatable bonds is 3. The van der Waals surface area contributed by atoms with E-state index >= 15 is 0 Å². The monoisotopic (exact) mass is 691 g/mol. The fourth-order valence-corrected chi connectivity index (χ4v) is 9.48. The topological polar surface area (TPSA) is 12.5 Å². The van der Waals surface area contributed by atoms with Gasteiger partial charge in [0.25, 0.3) is 0 Å². The van der Waals surface area contributed by atoms with Crippen LogP contribution in [0.4, 0.5) is 11.4 Å². The molecule has 2 nitrogen and oxygen atoms in total. The molecule has 54 heavy (non-hydrogen) atoms. The summed E-state index contributed by atoms with van der Waals surface area (Å²) in [6.45, 7) is 4.74. The summed E-state index contributed by atoms with van der Waals surface area (Å²) in [6, 6.07) is 62.4. The highest BCUT2D eigenvalue weighted by molar-refractivity contribution is 6.23. The molecule has 1 aliphatic heterocycles. The number of nitrogens with zero attached hydrogens (tertiary/aromatic N) is 1. The standard InChI is InChI=1S/C52H37NO/c1-52(2)43-22-9-8-19-40(43)51-41(21-13-23-44(51)52)50-38-18-7-6-17-37(38)49(34-27-29-48-46(31-34)53(3)45-24-10-11-25-47(45)54-48)39-28-26-33(30-42(39)50)36-20-12-15-32-14-4-5-16-35(32)36/h4-31H,1-3H3. The van der Waals surface area contributed by atoms with E-state index in [0.717, 1.165) is 22.9 Å². The molecule has 2 heteroatoms. The van der Waals surface area contributed by atoms with E-state index < -0.39 is 0 Å². The van der Waals surface area contributed by atoms with Crippen molar-refractivity contribution >= 4 is 43.7 Å². The zero-order valence-corrected chi connectivity index (χ0v) is 30.5. The summed E-state index contributed by atoms with van der Waals surface area (Å²) in [6.07, 6.45) is 0. The number of fused-ring (bicyclic) bond motifs is 8. The first-order chi connectivity index (χ1) is 26.5. The minimum Gasteiger partial charge on any atom is -0.453 e. The molecular formula is C52H37NO. The van der Waals surface area contributed by atoms with Crippen LogP contribution in [0.5, 0.6) is 11.5 Å². The van der Waals surface area contributed by atoms with Crippen LogP contribution in [0.3, 0.4) is 0 Å². The Labute approximate surface area is 315 Å². The van der Waals surface area contributed by atoms with Crippen LogP contribution in [0, 0.1) is 0 Å². The minimum atomic E-state index is -0.0998. The summed E-state index contributed by atoms with van der Waals surface area (Å²) < 4.78 is 6.44. The first-order valence-corrected chi connectivity index (χ1v) is 18.8. The minimum absolute atomic E-state index is 0.0998. The van der Waals surface area contributed by atoms with Crippen LogP contribution < -0.4 is 9.64 Å². The Morgan fingerprint density at radius 2 is 1.02 bits per heavy atom. The summed E-state index contributed by atoms with van der Waals surface area (Å²) in [4.78, 5) is 2.25. The van der Waals surface area contributed by atoms with Gasteiger partial charge in [0.15, 0.2) is 11.5 Å². The normalized spacial score (nSPS) is 13.7. The molecule has 0 N–H and O–H groups in total. The third kappa shape index (κ3) is 4.34. The van der Waals surface area contributed by atoms with Crippen molar-refractivity contribution in [3.8, 4) is 56.0 Å². The fourth-order valence-electron chi connectivity index (χ4n) is 9.48. The van der Waals surface area contributed by atoms with Gasteiger partial charge in [0, 0.05) is 12.5 Å². The first-order valence-electron chi connectivity index (χ1n) is 18.8. The second kappa shape index (κ2) is 11.4. The number of benzene rings is 9. The van der Waals surface area contributed by atoms with Crippen LogP contribution in [0.15, 0.2) is 170 Å². The predicted molar refractivity (Wildman–Crippen MR) is 227 cm³/mol. The fraction of sp³-hybridized carbons (Fsp3) is 0.0769. The van der Waals surface area contributed by atoms with Crippen molar-refractivity contribution in [1.29, 1.82) is 0 Å². The SMILES string of the molecule is CN1c2ccccc2Oc2ccc(-c3c4ccccc4c(-c4cccc5c4-c4ccccc4C5(C)C)c4cc(-c5cccc6ccccc56)ccc34)cc21. The second-order valence-corrected chi connectivity index (χ2v) is 15.3. The molecule has 1 heterocycles. The maximum atomic E-state index is 6.44. The lowest BCUT2D eigenvalue weighted by Crippen LogP contribution is -2.15. The van der Waals surface area contributed by atoms with Crippen molar-refractivity contribution in [3.63, 3.8) is 0 Å². The van der Waals surface area contributed by atoms with Crippen molar-refractivity contribution in [1.82, 2.24) is 0 Å². The maximum absolute atomic E-state index is 6.44. The van der Waals surface area contributed by atoms with Gasteiger partial charge in [-0.15, -0.1) is 0 Å². The molecule has 0 radical (unpaired) electrons. The average molecular weight is 692 g/mol. The summed E-state index contributed by atoms with van der Waals surface area (Å²) >= 11 is 0. The van der Waals surface area contributed by atoms with Crippen LogP contribution in [0.2, 0.25) is 0 Å². The van der Waals surface area contributed by atoms with Crippen molar-refractivity contribution in [2.45, 2.75) is 19.3 Å². The van der Waals surface area contributed by atoms with Crippen LogP contribution in [-0.4, -0.2) is 7.05 Å². The van der Waals surface area contributed by atoms with E-state index in [9.17, 15) is 0 Å². The molecule has 0 aromatic heterocycles. The molecule has 0 unspecified atom stereocenters. The summed E-state index contributed by atoms with van der Waals surface area (Å²) in [5.74, 6) is 1.74. The lowest BCUT2D eigenvalue weighted by atomic mass is 9.80. The Hall–Kier alpha value is -6.64. The average Bonchev–Trinajstić information content (AvgIpc) is 3.45. The molecule has 0 spiro atoms. The van der Waals surface area contributed by atoms with E-state index in [2.05, 4.69) is 184 Å². The largest absolute Gasteiger partial charge is 0.453 e. The van der Waals surface area contributed by atoms with Crippen molar-refractivity contribution in [2.24, 2.45) is 0 Å². The van der Waals surface area contributed by atoms with Gasteiger partial charge in [-0.2, -0.15) is 0 Å². The molecule has 9 aromatic carbocycles.